The molecule has 140 valence electrons. The smallest absolute Gasteiger partial charge is 0.164 e. The van der Waals surface area contributed by atoms with Gasteiger partial charge in [0, 0.05) is 60.5 Å². The van der Waals surface area contributed by atoms with E-state index >= 15 is 0 Å². The number of benzene rings is 3. The first-order chi connectivity index (χ1) is 13.7. The summed E-state index contributed by atoms with van der Waals surface area (Å²) in [6, 6.07) is 23.2. The molecule has 28 heavy (non-hydrogen) atoms. The van der Waals surface area contributed by atoms with Gasteiger partial charge in [-0.15, -0.1) is 0 Å². The number of nitrogens with zero attached hydrogens (tertiary/aromatic N) is 2. The fraction of sp³-hybridized carbons (Fsp3) is 0.240. The van der Waals surface area contributed by atoms with Gasteiger partial charge in [0.25, 0.3) is 0 Å². The molecular weight excluding hydrogens is 344 g/mol. The van der Waals surface area contributed by atoms with Gasteiger partial charge in [-0.1, -0.05) is 42.5 Å². The number of Topliss-reactive ketones (excluding diaryl/α,β-unsaturated/α-hetero) is 1. The van der Waals surface area contributed by atoms with Gasteiger partial charge in [-0.2, -0.15) is 0 Å². The van der Waals surface area contributed by atoms with E-state index < -0.39 is 0 Å². The molecule has 0 unspecified atom stereocenters. The fourth-order valence-electron chi connectivity index (χ4n) is 4.49. The number of carbonyl (C=O) groups excluding carboxylic acids is 1. The predicted molar refractivity (Wildman–Crippen MR) is 115 cm³/mol. The first-order valence-electron chi connectivity index (χ1n) is 10.0. The molecule has 0 atom stereocenters. The molecule has 0 aliphatic carbocycles. The number of aryl methyl sites for hydroxylation is 1. The Morgan fingerprint density at radius 3 is 2.54 bits per heavy atom. The summed E-state index contributed by atoms with van der Waals surface area (Å²) in [5.41, 5.74) is 6.05. The van der Waals surface area contributed by atoms with Gasteiger partial charge in [0.15, 0.2) is 5.78 Å². The molecule has 0 radical (unpaired) electrons. The van der Waals surface area contributed by atoms with Crippen LogP contribution in [0.4, 0.5) is 0 Å². The number of para-hydroxylation sites is 1. The van der Waals surface area contributed by atoms with Gasteiger partial charge in [-0.25, -0.2) is 0 Å². The molecule has 3 nitrogen and oxygen atoms in total. The van der Waals surface area contributed by atoms with Crippen molar-refractivity contribution in [1.29, 1.82) is 0 Å². The van der Waals surface area contributed by atoms with Crippen molar-refractivity contribution in [3.63, 3.8) is 0 Å². The van der Waals surface area contributed by atoms with Crippen molar-refractivity contribution >= 4 is 27.6 Å². The van der Waals surface area contributed by atoms with Gasteiger partial charge in [0.1, 0.15) is 0 Å². The van der Waals surface area contributed by atoms with Crippen molar-refractivity contribution in [1.82, 2.24) is 9.47 Å². The molecule has 0 N–H and O–H groups in total. The first kappa shape index (κ1) is 17.2. The molecule has 3 aromatic carbocycles. The van der Waals surface area contributed by atoms with Gasteiger partial charge < -0.3 is 4.57 Å². The average Bonchev–Trinajstić information content (AvgIpc) is 3.04. The Bertz CT molecular complexity index is 1190. The Labute approximate surface area is 165 Å². The Hall–Kier alpha value is -2.91. The van der Waals surface area contributed by atoms with Crippen LogP contribution in [0, 0.1) is 0 Å². The summed E-state index contributed by atoms with van der Waals surface area (Å²) in [6.07, 6.45) is 1.64. The number of fused-ring (bicyclic) bond motifs is 4. The summed E-state index contributed by atoms with van der Waals surface area (Å²) in [4.78, 5) is 15.3. The zero-order valence-corrected chi connectivity index (χ0v) is 16.2. The summed E-state index contributed by atoms with van der Waals surface area (Å²) in [5, 5.41) is 2.37. The fourth-order valence-corrected chi connectivity index (χ4v) is 4.49. The van der Waals surface area contributed by atoms with Crippen LogP contribution in [0.5, 0.6) is 0 Å². The number of rotatable bonds is 4. The summed E-state index contributed by atoms with van der Waals surface area (Å²) in [6.45, 7) is 2.80. The molecule has 0 saturated carbocycles. The lowest BCUT2D eigenvalue weighted by Crippen LogP contribution is -2.32. The normalized spacial score (nSPS) is 14.5. The maximum Gasteiger partial charge on any atom is 0.164 e. The average molecular weight is 368 g/mol. The minimum Gasteiger partial charge on any atom is -0.344 e. The minimum absolute atomic E-state index is 0.230. The van der Waals surface area contributed by atoms with Crippen molar-refractivity contribution in [2.75, 3.05) is 13.1 Å². The lowest BCUT2D eigenvalue weighted by atomic mass is 9.99. The zero-order valence-electron chi connectivity index (χ0n) is 16.2. The Balaban J connectivity index is 1.34. The maximum atomic E-state index is 12.9. The first-order valence-corrected chi connectivity index (χ1v) is 10.0. The zero-order chi connectivity index (χ0) is 19.1. The van der Waals surface area contributed by atoms with Crippen LogP contribution in [0.2, 0.25) is 0 Å². The van der Waals surface area contributed by atoms with E-state index in [2.05, 4.69) is 77.2 Å². The molecule has 0 spiro atoms. The second kappa shape index (κ2) is 6.92. The predicted octanol–water partition coefficient (Wildman–Crippen LogP) is 4.96. The molecule has 0 amide bonds. The molecule has 2 heterocycles. The van der Waals surface area contributed by atoms with Crippen LogP contribution in [-0.2, 0) is 20.0 Å². The van der Waals surface area contributed by atoms with Gasteiger partial charge in [-0.05, 0) is 41.8 Å². The lowest BCUT2D eigenvalue weighted by Gasteiger charge is -2.28. The highest BCUT2D eigenvalue weighted by Gasteiger charge is 2.17. The minimum atomic E-state index is 0.230. The van der Waals surface area contributed by atoms with Gasteiger partial charge >= 0.3 is 0 Å². The topological polar surface area (TPSA) is 25.2 Å². The molecule has 1 aliphatic heterocycles. The second-order valence-electron chi connectivity index (χ2n) is 7.78. The molecule has 0 fully saturated rings. The highest BCUT2D eigenvalue weighted by molar-refractivity contribution is 6.10. The van der Waals surface area contributed by atoms with Crippen LogP contribution >= 0.6 is 0 Å². The summed E-state index contributed by atoms with van der Waals surface area (Å²) < 4.78 is 2.20. The van der Waals surface area contributed by atoms with E-state index in [4.69, 9.17) is 0 Å². The van der Waals surface area contributed by atoms with Gasteiger partial charge in [-0.3, -0.25) is 9.69 Å². The third-order valence-electron chi connectivity index (χ3n) is 6.10. The standard InChI is InChI=1S/C25H24N2O/c1-26-23-9-5-4-8-21(23)22-16-19(10-11-24(22)26)25(28)13-15-27-14-12-18-6-2-3-7-20(18)17-27/h2-11,16H,12-15,17H2,1H3. The monoisotopic (exact) mass is 368 g/mol. The van der Waals surface area contributed by atoms with Crippen molar-refractivity contribution in [3.8, 4) is 0 Å². The SMILES string of the molecule is Cn1c2ccccc2c2cc(C(=O)CCN3CCc4ccccc4C3)ccc21. The molecule has 5 rings (SSSR count). The van der Waals surface area contributed by atoms with E-state index in [-0.39, 0.29) is 5.78 Å². The Kier molecular flexibility index (Phi) is 4.25. The highest BCUT2D eigenvalue weighted by Crippen LogP contribution is 2.29. The van der Waals surface area contributed by atoms with E-state index in [1.807, 2.05) is 6.07 Å². The second-order valence-corrected chi connectivity index (χ2v) is 7.78. The van der Waals surface area contributed by atoms with Crippen LogP contribution in [0.15, 0.2) is 66.7 Å². The molecule has 0 bridgehead atoms. The summed E-state index contributed by atoms with van der Waals surface area (Å²) in [7, 11) is 2.08. The Morgan fingerprint density at radius 2 is 1.64 bits per heavy atom. The maximum absolute atomic E-state index is 12.9. The van der Waals surface area contributed by atoms with Gasteiger partial charge in [0.2, 0.25) is 0 Å². The molecule has 1 aliphatic rings. The van der Waals surface area contributed by atoms with Crippen molar-refractivity contribution in [2.24, 2.45) is 7.05 Å². The molecule has 0 saturated heterocycles. The van der Waals surface area contributed by atoms with Crippen LogP contribution in [0.1, 0.15) is 27.9 Å². The van der Waals surface area contributed by atoms with Crippen LogP contribution in [0.3, 0.4) is 0 Å². The van der Waals surface area contributed by atoms with Crippen molar-refractivity contribution in [3.05, 3.63) is 83.4 Å². The van der Waals surface area contributed by atoms with E-state index in [0.717, 1.165) is 37.0 Å². The number of carbonyl (C=O) groups is 1. The van der Waals surface area contributed by atoms with Crippen LogP contribution < -0.4 is 0 Å². The number of ketones is 1. The van der Waals surface area contributed by atoms with Crippen LogP contribution in [-0.4, -0.2) is 28.3 Å². The number of hydrogen-bond acceptors (Lipinski definition) is 2. The number of hydrogen-bond donors (Lipinski definition) is 0. The van der Waals surface area contributed by atoms with Crippen molar-refractivity contribution in [2.45, 2.75) is 19.4 Å². The summed E-state index contributed by atoms with van der Waals surface area (Å²) >= 11 is 0. The lowest BCUT2D eigenvalue weighted by molar-refractivity contribution is 0.0961. The summed E-state index contributed by atoms with van der Waals surface area (Å²) in [5.74, 6) is 0.230. The van der Waals surface area contributed by atoms with Crippen LogP contribution in [0.25, 0.3) is 21.8 Å². The third kappa shape index (κ3) is 2.92. The number of aromatic nitrogens is 1. The van der Waals surface area contributed by atoms with E-state index in [1.165, 1.54) is 27.5 Å². The van der Waals surface area contributed by atoms with E-state index in [0.29, 0.717) is 6.42 Å². The highest BCUT2D eigenvalue weighted by atomic mass is 16.1. The quantitative estimate of drug-likeness (QED) is 0.476. The molecule has 3 heteroatoms. The molecule has 4 aromatic rings. The molecular formula is C25H24N2O. The van der Waals surface area contributed by atoms with Crippen molar-refractivity contribution < 1.29 is 4.79 Å². The van der Waals surface area contributed by atoms with E-state index in [9.17, 15) is 4.79 Å². The largest absolute Gasteiger partial charge is 0.344 e. The third-order valence-corrected chi connectivity index (χ3v) is 6.10. The Morgan fingerprint density at radius 1 is 0.893 bits per heavy atom. The molecule has 1 aromatic heterocycles. The van der Waals surface area contributed by atoms with E-state index in [1.54, 1.807) is 0 Å². The van der Waals surface area contributed by atoms with Gasteiger partial charge in [0.05, 0.1) is 0 Å².